The minimum absolute atomic E-state index is 0.568. The smallest absolute Gasteiger partial charge is 0.123 e. The van der Waals surface area contributed by atoms with Crippen molar-refractivity contribution in [3.63, 3.8) is 0 Å². The normalized spacial score (nSPS) is 21.1. The molecule has 2 rings (SSSR count). The predicted octanol–water partition coefficient (Wildman–Crippen LogP) is 1.70. The number of ether oxygens (including phenoxy) is 1. The number of nitrogens with zero attached hydrogens (tertiary/aromatic N) is 3. The van der Waals surface area contributed by atoms with Gasteiger partial charge in [0.2, 0.25) is 0 Å². The SMILES string of the molecule is COc1ccc(C#N)cc1CN1CCN(C)C(C)C1. The number of benzene rings is 1. The topological polar surface area (TPSA) is 39.5 Å². The molecule has 0 saturated carbocycles. The summed E-state index contributed by atoms with van der Waals surface area (Å²) in [5, 5.41) is 9.00. The lowest BCUT2D eigenvalue weighted by Crippen LogP contribution is -2.49. The molecule has 0 amide bonds. The molecule has 1 aliphatic rings. The fraction of sp³-hybridized carbons (Fsp3) is 0.533. The van der Waals surface area contributed by atoms with Gasteiger partial charge in [0.1, 0.15) is 5.75 Å². The van der Waals surface area contributed by atoms with Gasteiger partial charge in [-0.15, -0.1) is 0 Å². The molecule has 102 valence electrons. The van der Waals surface area contributed by atoms with Crippen LogP contribution in [0.1, 0.15) is 18.1 Å². The molecule has 1 fully saturated rings. The van der Waals surface area contributed by atoms with E-state index in [0.29, 0.717) is 11.6 Å². The Balaban J connectivity index is 2.12. The Morgan fingerprint density at radius 2 is 2.21 bits per heavy atom. The molecule has 0 bridgehead atoms. The zero-order chi connectivity index (χ0) is 13.8. The van der Waals surface area contributed by atoms with Crippen molar-refractivity contribution >= 4 is 0 Å². The van der Waals surface area contributed by atoms with E-state index in [-0.39, 0.29) is 0 Å². The standard InChI is InChI=1S/C15H21N3O/c1-12-10-18(7-6-17(12)2)11-14-8-13(9-16)4-5-15(14)19-3/h4-5,8,12H,6-7,10-11H2,1-3H3. The van der Waals surface area contributed by atoms with Gasteiger partial charge in [-0.05, 0) is 32.2 Å². The van der Waals surface area contributed by atoms with Gasteiger partial charge >= 0.3 is 0 Å². The molecule has 1 atom stereocenters. The fourth-order valence-corrected chi connectivity index (χ4v) is 2.48. The lowest BCUT2D eigenvalue weighted by atomic mass is 10.1. The van der Waals surface area contributed by atoms with Gasteiger partial charge in [-0.2, -0.15) is 5.26 Å². The van der Waals surface area contributed by atoms with Crippen molar-refractivity contribution < 1.29 is 4.74 Å². The lowest BCUT2D eigenvalue weighted by molar-refractivity contribution is 0.0993. The maximum absolute atomic E-state index is 9.00. The number of methoxy groups -OCH3 is 1. The van der Waals surface area contributed by atoms with Gasteiger partial charge in [-0.3, -0.25) is 4.90 Å². The number of hydrogen-bond acceptors (Lipinski definition) is 4. The van der Waals surface area contributed by atoms with Gasteiger partial charge in [0, 0.05) is 37.8 Å². The lowest BCUT2D eigenvalue weighted by Gasteiger charge is -2.37. The molecule has 1 aromatic rings. The highest BCUT2D eigenvalue weighted by Crippen LogP contribution is 2.22. The van der Waals surface area contributed by atoms with Crippen LogP contribution in [0.15, 0.2) is 18.2 Å². The Labute approximate surface area is 115 Å². The molecule has 4 heteroatoms. The van der Waals surface area contributed by atoms with Crippen molar-refractivity contribution in [2.24, 2.45) is 0 Å². The van der Waals surface area contributed by atoms with Crippen LogP contribution in [0.5, 0.6) is 5.75 Å². The van der Waals surface area contributed by atoms with Crippen LogP contribution in [-0.4, -0.2) is 49.6 Å². The zero-order valence-electron chi connectivity index (χ0n) is 11.9. The maximum atomic E-state index is 9.00. The van der Waals surface area contributed by atoms with Crippen molar-refractivity contribution in [2.75, 3.05) is 33.8 Å². The summed E-state index contributed by atoms with van der Waals surface area (Å²) < 4.78 is 5.39. The quantitative estimate of drug-likeness (QED) is 0.828. The Hall–Kier alpha value is -1.57. The Bertz CT molecular complexity index is 481. The van der Waals surface area contributed by atoms with E-state index in [0.717, 1.165) is 37.5 Å². The largest absolute Gasteiger partial charge is 0.496 e. The highest BCUT2D eigenvalue weighted by Gasteiger charge is 2.21. The third-order valence-corrected chi connectivity index (χ3v) is 3.85. The van der Waals surface area contributed by atoms with Crippen LogP contribution in [0, 0.1) is 11.3 Å². The van der Waals surface area contributed by atoms with E-state index in [4.69, 9.17) is 10.00 Å². The first-order valence-corrected chi connectivity index (χ1v) is 6.63. The van der Waals surface area contributed by atoms with E-state index in [1.54, 1.807) is 13.2 Å². The Morgan fingerprint density at radius 1 is 1.42 bits per heavy atom. The predicted molar refractivity (Wildman–Crippen MR) is 75.1 cm³/mol. The van der Waals surface area contributed by atoms with Crippen LogP contribution in [0.3, 0.4) is 0 Å². The maximum Gasteiger partial charge on any atom is 0.123 e. The van der Waals surface area contributed by atoms with Crippen molar-refractivity contribution in [1.29, 1.82) is 5.26 Å². The van der Waals surface area contributed by atoms with Crippen LogP contribution in [0.25, 0.3) is 0 Å². The van der Waals surface area contributed by atoms with E-state index in [2.05, 4.69) is 29.8 Å². The van der Waals surface area contributed by atoms with Gasteiger partial charge in [0.25, 0.3) is 0 Å². The molecule has 4 nitrogen and oxygen atoms in total. The van der Waals surface area contributed by atoms with Gasteiger partial charge in [0.15, 0.2) is 0 Å². The molecule has 0 spiro atoms. The minimum Gasteiger partial charge on any atom is -0.496 e. The first-order valence-electron chi connectivity index (χ1n) is 6.63. The molecule has 1 aliphatic heterocycles. The summed E-state index contributed by atoms with van der Waals surface area (Å²) in [6.45, 7) is 6.28. The van der Waals surface area contributed by atoms with Crippen molar-refractivity contribution in [3.8, 4) is 11.8 Å². The van der Waals surface area contributed by atoms with E-state index in [9.17, 15) is 0 Å². The third kappa shape index (κ3) is 3.25. The van der Waals surface area contributed by atoms with Crippen LogP contribution in [0.2, 0.25) is 0 Å². The number of nitriles is 1. The van der Waals surface area contributed by atoms with E-state index in [1.165, 1.54) is 0 Å². The molecule has 0 radical (unpaired) electrons. The minimum atomic E-state index is 0.568. The zero-order valence-corrected chi connectivity index (χ0v) is 11.9. The number of likely N-dealkylation sites (N-methyl/N-ethyl adjacent to an activating group) is 1. The number of hydrogen-bond donors (Lipinski definition) is 0. The monoisotopic (exact) mass is 259 g/mol. The molecule has 1 aromatic carbocycles. The molecule has 1 saturated heterocycles. The third-order valence-electron chi connectivity index (χ3n) is 3.85. The summed E-state index contributed by atoms with van der Waals surface area (Å²) in [6, 6.07) is 8.37. The summed E-state index contributed by atoms with van der Waals surface area (Å²) in [4.78, 5) is 4.79. The van der Waals surface area contributed by atoms with E-state index >= 15 is 0 Å². The molecular formula is C15H21N3O. The summed E-state index contributed by atoms with van der Waals surface area (Å²) in [5.74, 6) is 0.866. The fourth-order valence-electron chi connectivity index (χ4n) is 2.48. The van der Waals surface area contributed by atoms with Crippen LogP contribution >= 0.6 is 0 Å². The summed E-state index contributed by atoms with van der Waals surface area (Å²) >= 11 is 0. The van der Waals surface area contributed by atoms with Gasteiger partial charge in [0.05, 0.1) is 18.7 Å². The second-order valence-corrected chi connectivity index (χ2v) is 5.20. The van der Waals surface area contributed by atoms with E-state index in [1.807, 2.05) is 12.1 Å². The molecular weight excluding hydrogens is 238 g/mol. The van der Waals surface area contributed by atoms with E-state index < -0.39 is 0 Å². The number of rotatable bonds is 3. The second kappa shape index (κ2) is 6.05. The molecule has 1 heterocycles. The van der Waals surface area contributed by atoms with Crippen molar-refractivity contribution in [1.82, 2.24) is 9.80 Å². The molecule has 1 unspecified atom stereocenters. The summed E-state index contributed by atoms with van der Waals surface area (Å²) in [5.41, 5.74) is 1.79. The molecule has 0 N–H and O–H groups in total. The summed E-state index contributed by atoms with van der Waals surface area (Å²) in [7, 11) is 3.84. The van der Waals surface area contributed by atoms with Gasteiger partial charge in [-0.1, -0.05) is 0 Å². The molecule has 19 heavy (non-hydrogen) atoms. The molecule has 0 aromatic heterocycles. The Kier molecular flexibility index (Phi) is 4.41. The highest BCUT2D eigenvalue weighted by molar-refractivity contribution is 5.42. The Morgan fingerprint density at radius 3 is 2.84 bits per heavy atom. The second-order valence-electron chi connectivity index (χ2n) is 5.20. The summed E-state index contributed by atoms with van der Waals surface area (Å²) in [6.07, 6.45) is 0. The highest BCUT2D eigenvalue weighted by atomic mass is 16.5. The van der Waals surface area contributed by atoms with Crippen molar-refractivity contribution in [3.05, 3.63) is 29.3 Å². The molecule has 0 aliphatic carbocycles. The average molecular weight is 259 g/mol. The average Bonchev–Trinajstić information content (AvgIpc) is 2.43. The van der Waals surface area contributed by atoms with Crippen LogP contribution < -0.4 is 4.74 Å². The van der Waals surface area contributed by atoms with Gasteiger partial charge in [-0.25, -0.2) is 0 Å². The first kappa shape index (κ1) is 13.9. The van der Waals surface area contributed by atoms with Gasteiger partial charge < -0.3 is 9.64 Å². The van der Waals surface area contributed by atoms with Crippen molar-refractivity contribution in [2.45, 2.75) is 19.5 Å². The first-order chi connectivity index (χ1) is 9.13. The van der Waals surface area contributed by atoms with Crippen LogP contribution in [-0.2, 0) is 6.54 Å². The number of piperazine rings is 1. The van der Waals surface area contributed by atoms with Crippen LogP contribution in [0.4, 0.5) is 0 Å².